The van der Waals surface area contributed by atoms with Crippen molar-refractivity contribution in [2.24, 2.45) is 0 Å². The first-order valence-corrected chi connectivity index (χ1v) is 9.16. The first-order valence-electron chi connectivity index (χ1n) is 9.16. The fraction of sp³-hybridized carbons (Fsp3) is 0.300. The van der Waals surface area contributed by atoms with Gasteiger partial charge in [0.15, 0.2) is 0 Å². The molecule has 0 saturated carbocycles. The second-order valence-corrected chi connectivity index (χ2v) is 6.40. The van der Waals surface area contributed by atoms with Gasteiger partial charge >= 0.3 is 6.16 Å². The van der Waals surface area contributed by atoms with E-state index in [4.69, 9.17) is 9.47 Å². The third-order valence-electron chi connectivity index (χ3n) is 4.49. The second kappa shape index (κ2) is 7.38. The Morgan fingerprint density at radius 2 is 2.14 bits per heavy atom. The van der Waals surface area contributed by atoms with Crippen molar-refractivity contribution < 1.29 is 18.7 Å². The van der Waals surface area contributed by atoms with Crippen LogP contribution in [-0.2, 0) is 17.6 Å². The summed E-state index contributed by atoms with van der Waals surface area (Å²) >= 11 is 0. The zero-order valence-corrected chi connectivity index (χ0v) is 15.6. The predicted octanol–water partition coefficient (Wildman–Crippen LogP) is 3.86. The number of halogens is 1. The van der Waals surface area contributed by atoms with Gasteiger partial charge in [-0.3, -0.25) is 4.57 Å². The molecule has 0 bridgehead atoms. The third-order valence-corrected chi connectivity index (χ3v) is 4.49. The van der Waals surface area contributed by atoms with Crippen molar-refractivity contribution in [3.63, 3.8) is 0 Å². The van der Waals surface area contributed by atoms with Gasteiger partial charge in [-0.05, 0) is 31.5 Å². The molecule has 0 fully saturated rings. The minimum Gasteiger partial charge on any atom is -0.434 e. The summed E-state index contributed by atoms with van der Waals surface area (Å²) in [4.78, 5) is 25.1. The first kappa shape index (κ1) is 18.1. The molecule has 2 aromatic heterocycles. The van der Waals surface area contributed by atoms with Crippen LogP contribution in [-0.4, -0.2) is 32.3 Å². The van der Waals surface area contributed by atoms with E-state index in [-0.39, 0.29) is 18.3 Å². The highest BCUT2D eigenvalue weighted by molar-refractivity contribution is 5.75. The molecule has 144 valence electrons. The summed E-state index contributed by atoms with van der Waals surface area (Å²) in [6.07, 6.45) is 4.51. The van der Waals surface area contributed by atoms with Crippen LogP contribution in [0.3, 0.4) is 0 Å². The summed E-state index contributed by atoms with van der Waals surface area (Å²) in [6.45, 7) is 3.95. The van der Waals surface area contributed by atoms with Gasteiger partial charge in [-0.2, -0.15) is 0 Å². The normalized spacial score (nSPS) is 11.8. The van der Waals surface area contributed by atoms with Crippen LogP contribution in [0.4, 0.5) is 9.18 Å². The Morgan fingerprint density at radius 1 is 1.29 bits per heavy atom. The molecular formula is C20H19FN4O3. The predicted molar refractivity (Wildman–Crippen MR) is 99.0 cm³/mol. The maximum absolute atomic E-state index is 14.1. The molecule has 3 heterocycles. The number of rotatable bonds is 4. The van der Waals surface area contributed by atoms with Gasteiger partial charge in [-0.1, -0.05) is 6.92 Å². The number of fused-ring (bicyclic) bond motifs is 5. The number of hydrogen-bond donors (Lipinski definition) is 0. The first-order chi connectivity index (χ1) is 13.6. The molecule has 0 N–H and O–H groups in total. The average Bonchev–Trinajstić information content (AvgIpc) is 2.99. The maximum Gasteiger partial charge on any atom is 0.515 e. The molecule has 3 aromatic rings. The zero-order valence-electron chi connectivity index (χ0n) is 15.6. The monoisotopic (exact) mass is 382 g/mol. The van der Waals surface area contributed by atoms with Crippen molar-refractivity contribution in [1.82, 2.24) is 19.5 Å². The lowest BCUT2D eigenvalue weighted by atomic mass is 10.0. The Kier molecular flexibility index (Phi) is 4.77. The van der Waals surface area contributed by atoms with Gasteiger partial charge in [0.05, 0.1) is 23.7 Å². The molecule has 0 saturated heterocycles. The molecule has 1 aromatic carbocycles. The van der Waals surface area contributed by atoms with E-state index < -0.39 is 6.16 Å². The molecule has 8 heteroatoms. The average molecular weight is 382 g/mol. The van der Waals surface area contributed by atoms with Crippen molar-refractivity contribution in [3.8, 4) is 22.8 Å². The van der Waals surface area contributed by atoms with E-state index in [2.05, 4.69) is 21.9 Å². The Hall–Kier alpha value is -3.29. The van der Waals surface area contributed by atoms with Crippen molar-refractivity contribution in [2.45, 2.75) is 33.1 Å². The standard InChI is InChI=1S/C20H19FN4O3/c1-3-5-17-22-10-12-8-16-19(28-20(26)27-4-2)23-11-25(16)15-7-6-13(21)9-14(15)18(12)24-17/h6-7,9-11H,3-5,8H2,1-2H3. The van der Waals surface area contributed by atoms with Crippen LogP contribution in [0, 0.1) is 5.82 Å². The number of benzene rings is 1. The minimum atomic E-state index is -0.817. The van der Waals surface area contributed by atoms with Gasteiger partial charge in [0, 0.05) is 30.2 Å². The van der Waals surface area contributed by atoms with E-state index in [1.807, 2.05) is 0 Å². The minimum absolute atomic E-state index is 0.152. The summed E-state index contributed by atoms with van der Waals surface area (Å²) in [6, 6.07) is 4.51. The van der Waals surface area contributed by atoms with Crippen molar-refractivity contribution in [3.05, 3.63) is 53.6 Å². The van der Waals surface area contributed by atoms with Crippen LogP contribution in [0.5, 0.6) is 5.88 Å². The van der Waals surface area contributed by atoms with E-state index in [0.717, 1.165) is 18.4 Å². The van der Waals surface area contributed by atoms with Gasteiger partial charge in [0.2, 0.25) is 5.88 Å². The van der Waals surface area contributed by atoms with Gasteiger partial charge in [-0.25, -0.2) is 24.1 Å². The van der Waals surface area contributed by atoms with Gasteiger partial charge < -0.3 is 9.47 Å². The van der Waals surface area contributed by atoms with Crippen molar-refractivity contribution >= 4 is 6.16 Å². The van der Waals surface area contributed by atoms with E-state index in [1.165, 1.54) is 12.1 Å². The van der Waals surface area contributed by atoms with Crippen LogP contribution in [0.1, 0.15) is 37.4 Å². The molecule has 7 nitrogen and oxygen atoms in total. The van der Waals surface area contributed by atoms with E-state index >= 15 is 0 Å². The van der Waals surface area contributed by atoms with E-state index in [0.29, 0.717) is 34.9 Å². The van der Waals surface area contributed by atoms with Crippen LogP contribution < -0.4 is 4.74 Å². The summed E-state index contributed by atoms with van der Waals surface area (Å²) in [5.41, 5.74) is 3.49. The maximum atomic E-state index is 14.1. The van der Waals surface area contributed by atoms with Crippen LogP contribution in [0.2, 0.25) is 0 Å². The Morgan fingerprint density at radius 3 is 2.93 bits per heavy atom. The molecule has 0 radical (unpaired) electrons. The molecule has 0 aliphatic carbocycles. The number of nitrogens with zero attached hydrogens (tertiary/aromatic N) is 4. The van der Waals surface area contributed by atoms with Gasteiger partial charge in [-0.15, -0.1) is 0 Å². The Labute approximate surface area is 161 Å². The molecule has 0 unspecified atom stereocenters. The lowest BCUT2D eigenvalue weighted by molar-refractivity contribution is 0.102. The lowest BCUT2D eigenvalue weighted by Gasteiger charge is -2.10. The SMILES string of the molecule is CCCc1ncc2c(n1)-c1cc(F)ccc1-n1cnc(OC(=O)OCC)c1C2. The third kappa shape index (κ3) is 3.21. The highest BCUT2D eigenvalue weighted by atomic mass is 19.1. The molecule has 28 heavy (non-hydrogen) atoms. The summed E-state index contributed by atoms with van der Waals surface area (Å²) in [5.74, 6) is 0.510. The lowest BCUT2D eigenvalue weighted by Crippen LogP contribution is -2.12. The number of imidazole rings is 1. The highest BCUT2D eigenvalue weighted by Crippen LogP contribution is 2.37. The second-order valence-electron chi connectivity index (χ2n) is 6.40. The van der Waals surface area contributed by atoms with Crippen molar-refractivity contribution in [1.29, 1.82) is 0 Å². The van der Waals surface area contributed by atoms with Gasteiger partial charge in [0.1, 0.15) is 18.0 Å². The Bertz CT molecular complexity index is 1050. The molecule has 0 amide bonds. The number of aromatic nitrogens is 4. The summed E-state index contributed by atoms with van der Waals surface area (Å²) < 4.78 is 25.9. The number of carbonyl (C=O) groups is 1. The number of aryl methyl sites for hydroxylation is 1. The fourth-order valence-electron chi connectivity index (χ4n) is 3.28. The molecule has 0 spiro atoms. The van der Waals surface area contributed by atoms with E-state index in [1.54, 1.807) is 30.1 Å². The van der Waals surface area contributed by atoms with Crippen LogP contribution >= 0.6 is 0 Å². The number of ether oxygens (including phenoxy) is 2. The quantitative estimate of drug-likeness (QED) is 0.499. The van der Waals surface area contributed by atoms with Crippen LogP contribution in [0.15, 0.2) is 30.7 Å². The Balaban J connectivity index is 1.87. The summed E-state index contributed by atoms with van der Waals surface area (Å²) in [7, 11) is 0. The number of hydrogen-bond acceptors (Lipinski definition) is 6. The zero-order chi connectivity index (χ0) is 19.7. The molecular weight excluding hydrogens is 363 g/mol. The molecule has 1 aliphatic heterocycles. The van der Waals surface area contributed by atoms with E-state index in [9.17, 15) is 9.18 Å². The summed E-state index contributed by atoms with van der Waals surface area (Å²) in [5, 5.41) is 0. The van der Waals surface area contributed by atoms with Crippen molar-refractivity contribution in [2.75, 3.05) is 6.61 Å². The number of carbonyl (C=O) groups excluding carboxylic acids is 1. The topological polar surface area (TPSA) is 79.1 Å². The van der Waals surface area contributed by atoms with Crippen LogP contribution in [0.25, 0.3) is 16.9 Å². The molecule has 1 aliphatic rings. The van der Waals surface area contributed by atoms with Gasteiger partial charge in [0.25, 0.3) is 0 Å². The highest BCUT2D eigenvalue weighted by Gasteiger charge is 2.26. The molecule has 0 atom stereocenters. The molecule has 4 rings (SSSR count). The largest absolute Gasteiger partial charge is 0.515 e. The smallest absolute Gasteiger partial charge is 0.434 e. The fourth-order valence-corrected chi connectivity index (χ4v) is 3.28.